The number of carbonyl (C=O) groups excluding carboxylic acids is 1. The van der Waals surface area contributed by atoms with Crippen LogP contribution in [0.5, 0.6) is 0 Å². The second-order valence-electron chi connectivity index (χ2n) is 3.57. The van der Waals surface area contributed by atoms with Crippen LogP contribution >= 0.6 is 0 Å². The van der Waals surface area contributed by atoms with Gasteiger partial charge in [-0.1, -0.05) is 27.2 Å². The molecule has 0 saturated carbocycles. The van der Waals surface area contributed by atoms with Crippen LogP contribution in [0.2, 0.25) is 0 Å². The second kappa shape index (κ2) is 4.48. The molecular formula is C10H20O2. The van der Waals surface area contributed by atoms with Crippen LogP contribution in [-0.4, -0.2) is 13.1 Å². The van der Waals surface area contributed by atoms with Crippen molar-refractivity contribution < 1.29 is 9.53 Å². The van der Waals surface area contributed by atoms with Gasteiger partial charge in [-0.2, -0.15) is 0 Å². The second-order valence-corrected chi connectivity index (χ2v) is 3.57. The zero-order valence-corrected chi connectivity index (χ0v) is 8.81. The third kappa shape index (κ3) is 1.99. The Morgan fingerprint density at radius 1 is 1.50 bits per heavy atom. The number of hydrogen-bond acceptors (Lipinski definition) is 2. The van der Waals surface area contributed by atoms with E-state index in [9.17, 15) is 4.79 Å². The highest BCUT2D eigenvalue weighted by Crippen LogP contribution is 2.34. The van der Waals surface area contributed by atoms with Crippen molar-refractivity contribution in [3.63, 3.8) is 0 Å². The van der Waals surface area contributed by atoms with E-state index in [2.05, 4.69) is 13.8 Å². The molecule has 0 rings (SSSR count). The molecule has 0 N–H and O–H groups in total. The molecular weight excluding hydrogens is 152 g/mol. The van der Waals surface area contributed by atoms with Gasteiger partial charge in [0.15, 0.2) is 0 Å². The van der Waals surface area contributed by atoms with Crippen LogP contribution in [-0.2, 0) is 9.53 Å². The fraction of sp³-hybridized carbons (Fsp3) is 0.900. The quantitative estimate of drug-likeness (QED) is 0.609. The van der Waals surface area contributed by atoms with Crippen LogP contribution in [0.15, 0.2) is 0 Å². The van der Waals surface area contributed by atoms with Gasteiger partial charge in [-0.3, -0.25) is 4.79 Å². The Hall–Kier alpha value is -0.530. The molecule has 0 bridgehead atoms. The summed E-state index contributed by atoms with van der Waals surface area (Å²) in [7, 11) is 1.46. The first-order valence-electron chi connectivity index (χ1n) is 4.61. The molecule has 0 aromatic rings. The molecule has 0 spiro atoms. The highest BCUT2D eigenvalue weighted by atomic mass is 16.5. The van der Waals surface area contributed by atoms with Gasteiger partial charge in [0.25, 0.3) is 0 Å². The summed E-state index contributed by atoms with van der Waals surface area (Å²) in [6, 6.07) is 0. The minimum Gasteiger partial charge on any atom is -0.469 e. The topological polar surface area (TPSA) is 26.3 Å². The SMILES string of the molecule is CCC(C)C(C)(CC)C(=O)OC. The van der Waals surface area contributed by atoms with E-state index >= 15 is 0 Å². The van der Waals surface area contributed by atoms with Crippen LogP contribution in [0.25, 0.3) is 0 Å². The lowest BCUT2D eigenvalue weighted by atomic mass is 9.75. The van der Waals surface area contributed by atoms with Crippen molar-refractivity contribution in [3.05, 3.63) is 0 Å². The molecule has 2 heteroatoms. The lowest BCUT2D eigenvalue weighted by Gasteiger charge is -2.30. The molecule has 0 aromatic heterocycles. The third-order valence-corrected chi connectivity index (χ3v) is 3.09. The Labute approximate surface area is 75.3 Å². The molecule has 2 unspecified atom stereocenters. The Morgan fingerprint density at radius 3 is 2.25 bits per heavy atom. The summed E-state index contributed by atoms with van der Waals surface area (Å²) in [5, 5.41) is 0. The molecule has 2 nitrogen and oxygen atoms in total. The van der Waals surface area contributed by atoms with Crippen molar-refractivity contribution in [3.8, 4) is 0 Å². The summed E-state index contributed by atoms with van der Waals surface area (Å²) in [4.78, 5) is 11.4. The maximum Gasteiger partial charge on any atom is 0.311 e. The average Bonchev–Trinajstić information content (AvgIpc) is 2.13. The van der Waals surface area contributed by atoms with Crippen LogP contribution in [0.4, 0.5) is 0 Å². The fourth-order valence-corrected chi connectivity index (χ4v) is 1.38. The lowest BCUT2D eigenvalue weighted by molar-refractivity contribution is -0.155. The van der Waals surface area contributed by atoms with Gasteiger partial charge >= 0.3 is 5.97 Å². The minimum atomic E-state index is -0.302. The Kier molecular flexibility index (Phi) is 4.29. The predicted octanol–water partition coefficient (Wildman–Crippen LogP) is 2.62. The summed E-state index contributed by atoms with van der Waals surface area (Å²) in [5.74, 6) is 0.300. The van der Waals surface area contributed by atoms with Gasteiger partial charge in [0.2, 0.25) is 0 Å². The van der Waals surface area contributed by atoms with Gasteiger partial charge in [-0.05, 0) is 19.3 Å². The zero-order valence-electron chi connectivity index (χ0n) is 8.81. The highest BCUT2D eigenvalue weighted by molar-refractivity contribution is 5.76. The Bertz CT molecular complexity index is 154. The number of carbonyl (C=O) groups is 1. The van der Waals surface area contributed by atoms with Crippen molar-refractivity contribution in [2.45, 2.75) is 40.5 Å². The summed E-state index contributed by atoms with van der Waals surface area (Å²) in [6.45, 7) is 8.21. The number of methoxy groups -OCH3 is 1. The van der Waals surface area contributed by atoms with E-state index < -0.39 is 0 Å². The molecule has 0 saturated heterocycles. The van der Waals surface area contributed by atoms with Crippen LogP contribution in [0.1, 0.15) is 40.5 Å². The monoisotopic (exact) mass is 172 g/mol. The number of ether oxygens (including phenoxy) is 1. The van der Waals surface area contributed by atoms with Crippen LogP contribution in [0, 0.1) is 11.3 Å². The highest BCUT2D eigenvalue weighted by Gasteiger charge is 2.36. The van der Waals surface area contributed by atoms with E-state index in [-0.39, 0.29) is 11.4 Å². The van der Waals surface area contributed by atoms with E-state index in [1.807, 2.05) is 13.8 Å². The lowest BCUT2D eigenvalue weighted by Crippen LogP contribution is -2.34. The molecule has 0 aliphatic rings. The molecule has 2 atom stereocenters. The van der Waals surface area contributed by atoms with Crippen molar-refractivity contribution >= 4 is 5.97 Å². The molecule has 0 aromatic carbocycles. The maximum absolute atomic E-state index is 11.4. The van der Waals surface area contributed by atoms with Gasteiger partial charge in [0.05, 0.1) is 12.5 Å². The summed E-state index contributed by atoms with van der Waals surface area (Å²) >= 11 is 0. The smallest absolute Gasteiger partial charge is 0.311 e. The fourth-order valence-electron chi connectivity index (χ4n) is 1.38. The normalized spacial score (nSPS) is 18.1. The zero-order chi connectivity index (χ0) is 9.78. The number of esters is 1. The van der Waals surface area contributed by atoms with E-state index in [0.29, 0.717) is 5.92 Å². The third-order valence-electron chi connectivity index (χ3n) is 3.09. The van der Waals surface area contributed by atoms with E-state index in [4.69, 9.17) is 4.74 Å². The molecule has 0 heterocycles. The Morgan fingerprint density at radius 2 is 2.00 bits per heavy atom. The number of rotatable bonds is 4. The average molecular weight is 172 g/mol. The van der Waals surface area contributed by atoms with Gasteiger partial charge in [0.1, 0.15) is 0 Å². The number of hydrogen-bond donors (Lipinski definition) is 0. The van der Waals surface area contributed by atoms with Gasteiger partial charge in [-0.15, -0.1) is 0 Å². The molecule has 0 amide bonds. The van der Waals surface area contributed by atoms with Crippen LogP contribution < -0.4 is 0 Å². The first-order valence-corrected chi connectivity index (χ1v) is 4.61. The first-order chi connectivity index (χ1) is 5.52. The van der Waals surface area contributed by atoms with E-state index in [1.54, 1.807) is 0 Å². The van der Waals surface area contributed by atoms with Gasteiger partial charge in [0, 0.05) is 0 Å². The van der Waals surface area contributed by atoms with E-state index in [0.717, 1.165) is 12.8 Å². The molecule has 0 radical (unpaired) electrons. The van der Waals surface area contributed by atoms with Crippen molar-refractivity contribution in [1.82, 2.24) is 0 Å². The Balaban J connectivity index is 4.54. The summed E-state index contributed by atoms with van der Waals surface area (Å²) in [6.07, 6.45) is 1.86. The van der Waals surface area contributed by atoms with Crippen molar-refractivity contribution in [2.24, 2.45) is 11.3 Å². The largest absolute Gasteiger partial charge is 0.469 e. The van der Waals surface area contributed by atoms with Crippen molar-refractivity contribution in [1.29, 1.82) is 0 Å². The minimum absolute atomic E-state index is 0.0839. The molecule has 0 fully saturated rings. The van der Waals surface area contributed by atoms with Gasteiger partial charge in [-0.25, -0.2) is 0 Å². The molecule has 0 aliphatic carbocycles. The standard InChI is InChI=1S/C10H20O2/c1-6-8(3)10(4,7-2)9(11)12-5/h8H,6-7H2,1-5H3. The van der Waals surface area contributed by atoms with Gasteiger partial charge < -0.3 is 4.74 Å². The molecule has 72 valence electrons. The maximum atomic E-state index is 11.4. The van der Waals surface area contributed by atoms with Crippen molar-refractivity contribution in [2.75, 3.05) is 7.11 Å². The molecule has 0 aliphatic heterocycles. The van der Waals surface area contributed by atoms with Crippen LogP contribution in [0.3, 0.4) is 0 Å². The predicted molar refractivity (Wildman–Crippen MR) is 49.9 cm³/mol. The molecule has 12 heavy (non-hydrogen) atoms. The summed E-state index contributed by atoms with van der Waals surface area (Å²) in [5.41, 5.74) is -0.302. The van der Waals surface area contributed by atoms with E-state index in [1.165, 1.54) is 7.11 Å². The first kappa shape index (κ1) is 11.5. The summed E-state index contributed by atoms with van der Waals surface area (Å²) < 4.78 is 4.79.